The third kappa shape index (κ3) is 4.30. The van der Waals surface area contributed by atoms with Gasteiger partial charge in [-0.3, -0.25) is 14.3 Å². The van der Waals surface area contributed by atoms with Crippen LogP contribution >= 0.6 is 45.8 Å². The fraction of sp³-hybridized carbons (Fsp3) is 0.238. The molecular formula is C21H19Cl2IN4O. The smallest absolute Gasteiger partial charge is 0.269 e. The first-order valence-electron chi connectivity index (χ1n) is 9.29. The van der Waals surface area contributed by atoms with Gasteiger partial charge in [0, 0.05) is 26.4 Å². The number of imidazole rings is 1. The maximum Gasteiger partial charge on any atom is 0.269 e. The van der Waals surface area contributed by atoms with E-state index in [1.807, 2.05) is 34.9 Å². The van der Waals surface area contributed by atoms with E-state index in [1.165, 1.54) is 0 Å². The third-order valence-corrected chi connectivity index (χ3v) is 6.30. The Bertz CT molecular complexity index is 1060. The highest BCUT2D eigenvalue weighted by Crippen LogP contribution is 2.34. The van der Waals surface area contributed by atoms with Crippen molar-refractivity contribution in [2.75, 3.05) is 13.1 Å². The SMILES string of the molecule is NC(=O)c1nc(-c2ccc(Cl)cc2Cl)n(-c2ccc(I)cc2)c1CN1CCCC1. The summed E-state index contributed by atoms with van der Waals surface area (Å²) in [6, 6.07) is 13.3. The second-order valence-corrected chi connectivity index (χ2v) is 9.10. The largest absolute Gasteiger partial charge is 0.364 e. The van der Waals surface area contributed by atoms with Crippen molar-refractivity contribution in [3.8, 4) is 17.1 Å². The lowest BCUT2D eigenvalue weighted by Gasteiger charge is -2.18. The Morgan fingerprint density at radius 3 is 2.41 bits per heavy atom. The summed E-state index contributed by atoms with van der Waals surface area (Å²) in [5.74, 6) is 0.0330. The van der Waals surface area contributed by atoms with Crippen LogP contribution in [0.25, 0.3) is 17.1 Å². The summed E-state index contributed by atoms with van der Waals surface area (Å²) in [4.78, 5) is 19.3. The number of nitrogens with zero attached hydrogens (tertiary/aromatic N) is 3. The monoisotopic (exact) mass is 540 g/mol. The predicted molar refractivity (Wildman–Crippen MR) is 125 cm³/mol. The van der Waals surface area contributed by atoms with Crippen LogP contribution < -0.4 is 5.73 Å². The number of benzene rings is 2. The Morgan fingerprint density at radius 2 is 1.79 bits per heavy atom. The first kappa shape index (κ1) is 20.7. The highest BCUT2D eigenvalue weighted by Gasteiger charge is 2.26. The van der Waals surface area contributed by atoms with Crippen molar-refractivity contribution in [2.24, 2.45) is 5.73 Å². The number of carbonyl (C=O) groups excluding carboxylic acids is 1. The van der Waals surface area contributed by atoms with Gasteiger partial charge in [0.05, 0.1) is 10.7 Å². The van der Waals surface area contributed by atoms with Gasteiger partial charge in [-0.25, -0.2) is 4.98 Å². The normalized spacial score (nSPS) is 14.4. The Morgan fingerprint density at radius 1 is 1.10 bits per heavy atom. The van der Waals surface area contributed by atoms with Crippen LogP contribution in [0.4, 0.5) is 0 Å². The van der Waals surface area contributed by atoms with Crippen LogP contribution in [0.3, 0.4) is 0 Å². The summed E-state index contributed by atoms with van der Waals surface area (Å²) >= 11 is 14.8. The molecule has 29 heavy (non-hydrogen) atoms. The zero-order chi connectivity index (χ0) is 20.5. The van der Waals surface area contributed by atoms with E-state index in [-0.39, 0.29) is 5.69 Å². The van der Waals surface area contributed by atoms with Gasteiger partial charge in [0.15, 0.2) is 5.69 Å². The van der Waals surface area contributed by atoms with E-state index < -0.39 is 5.91 Å². The lowest BCUT2D eigenvalue weighted by Crippen LogP contribution is -2.23. The number of primary amides is 1. The molecule has 4 rings (SSSR count). The van der Waals surface area contributed by atoms with E-state index in [2.05, 4.69) is 32.5 Å². The molecule has 1 aliphatic heterocycles. The summed E-state index contributed by atoms with van der Waals surface area (Å²) < 4.78 is 3.11. The van der Waals surface area contributed by atoms with Crippen molar-refractivity contribution < 1.29 is 4.79 Å². The van der Waals surface area contributed by atoms with Gasteiger partial charge in [0.25, 0.3) is 5.91 Å². The Hall–Kier alpha value is -1.61. The molecule has 0 spiro atoms. The van der Waals surface area contributed by atoms with Crippen molar-refractivity contribution in [3.63, 3.8) is 0 Å². The summed E-state index contributed by atoms with van der Waals surface area (Å²) in [5, 5.41) is 1.01. The number of carbonyl (C=O) groups is 1. The minimum Gasteiger partial charge on any atom is -0.364 e. The first-order chi connectivity index (χ1) is 13.9. The van der Waals surface area contributed by atoms with Crippen LogP contribution in [-0.2, 0) is 6.54 Å². The quantitative estimate of drug-likeness (QED) is 0.455. The fourth-order valence-electron chi connectivity index (χ4n) is 3.67. The second-order valence-electron chi connectivity index (χ2n) is 7.01. The number of halogens is 3. The van der Waals surface area contributed by atoms with Crippen molar-refractivity contribution >= 4 is 51.7 Å². The number of hydrogen-bond donors (Lipinski definition) is 1. The molecule has 5 nitrogen and oxygen atoms in total. The zero-order valence-electron chi connectivity index (χ0n) is 15.5. The van der Waals surface area contributed by atoms with Gasteiger partial charge in [-0.05, 0) is 91.0 Å². The minimum atomic E-state index is -0.546. The van der Waals surface area contributed by atoms with Crippen molar-refractivity contribution in [1.82, 2.24) is 14.5 Å². The summed E-state index contributed by atoms with van der Waals surface area (Å²) in [6.07, 6.45) is 2.30. The Balaban J connectivity index is 1.96. The standard InChI is InChI=1S/C21H19Cl2IN4O/c22-13-3-8-16(17(23)11-13)21-26-19(20(25)29)18(12-27-9-1-2-10-27)28(21)15-6-4-14(24)5-7-15/h3-8,11H,1-2,9-10,12H2,(H2,25,29). The molecule has 3 aromatic rings. The fourth-order valence-corrected chi connectivity index (χ4v) is 4.52. The molecule has 1 amide bonds. The van der Waals surface area contributed by atoms with E-state index in [1.54, 1.807) is 12.1 Å². The minimum absolute atomic E-state index is 0.275. The van der Waals surface area contributed by atoms with E-state index in [0.717, 1.165) is 40.9 Å². The molecule has 1 aromatic heterocycles. The van der Waals surface area contributed by atoms with Gasteiger partial charge in [0.2, 0.25) is 0 Å². The molecule has 0 bridgehead atoms. The Labute approximate surface area is 192 Å². The lowest BCUT2D eigenvalue weighted by molar-refractivity contribution is 0.0994. The molecule has 8 heteroatoms. The molecule has 0 unspecified atom stereocenters. The average molecular weight is 541 g/mol. The molecule has 2 aromatic carbocycles. The average Bonchev–Trinajstić information content (AvgIpc) is 3.31. The molecule has 1 saturated heterocycles. The van der Waals surface area contributed by atoms with Gasteiger partial charge in [0.1, 0.15) is 5.82 Å². The topological polar surface area (TPSA) is 64.2 Å². The third-order valence-electron chi connectivity index (χ3n) is 5.04. The number of rotatable bonds is 5. The molecule has 0 aliphatic carbocycles. The molecule has 150 valence electrons. The van der Waals surface area contributed by atoms with Crippen LogP contribution in [0.5, 0.6) is 0 Å². The van der Waals surface area contributed by atoms with Gasteiger partial charge >= 0.3 is 0 Å². The highest BCUT2D eigenvalue weighted by molar-refractivity contribution is 14.1. The molecule has 2 N–H and O–H groups in total. The first-order valence-corrected chi connectivity index (χ1v) is 11.1. The van der Waals surface area contributed by atoms with Crippen LogP contribution in [-0.4, -0.2) is 33.4 Å². The van der Waals surface area contributed by atoms with E-state index >= 15 is 0 Å². The van der Waals surface area contributed by atoms with Gasteiger partial charge < -0.3 is 5.73 Å². The number of likely N-dealkylation sites (tertiary alicyclic amines) is 1. The van der Waals surface area contributed by atoms with Crippen molar-refractivity contribution in [3.05, 3.63) is 67.5 Å². The predicted octanol–water partition coefficient (Wildman–Crippen LogP) is 5.15. The molecule has 0 radical (unpaired) electrons. The summed E-state index contributed by atoms with van der Waals surface area (Å²) in [5.41, 5.74) is 8.38. The molecule has 1 fully saturated rings. The molecule has 1 aliphatic rings. The van der Waals surface area contributed by atoms with E-state index in [4.69, 9.17) is 28.9 Å². The van der Waals surface area contributed by atoms with Gasteiger partial charge in [-0.15, -0.1) is 0 Å². The number of aromatic nitrogens is 2. The van der Waals surface area contributed by atoms with Crippen molar-refractivity contribution in [2.45, 2.75) is 19.4 Å². The van der Waals surface area contributed by atoms with Crippen LogP contribution in [0.15, 0.2) is 42.5 Å². The number of hydrogen-bond acceptors (Lipinski definition) is 3. The van der Waals surface area contributed by atoms with Crippen LogP contribution in [0, 0.1) is 3.57 Å². The molecule has 0 saturated carbocycles. The highest BCUT2D eigenvalue weighted by atomic mass is 127. The van der Waals surface area contributed by atoms with Crippen molar-refractivity contribution in [1.29, 1.82) is 0 Å². The summed E-state index contributed by atoms with van der Waals surface area (Å²) in [7, 11) is 0. The van der Waals surface area contributed by atoms with Crippen LogP contribution in [0.2, 0.25) is 10.0 Å². The molecule has 2 heterocycles. The van der Waals surface area contributed by atoms with Gasteiger partial charge in [-0.1, -0.05) is 23.2 Å². The molecule has 0 atom stereocenters. The number of nitrogens with two attached hydrogens (primary N) is 1. The summed E-state index contributed by atoms with van der Waals surface area (Å²) in [6.45, 7) is 2.59. The van der Waals surface area contributed by atoms with E-state index in [0.29, 0.717) is 28.0 Å². The van der Waals surface area contributed by atoms with Gasteiger partial charge in [-0.2, -0.15) is 0 Å². The maximum atomic E-state index is 12.3. The van der Waals surface area contributed by atoms with E-state index in [9.17, 15) is 4.79 Å². The Kier molecular flexibility index (Phi) is 6.15. The zero-order valence-corrected chi connectivity index (χ0v) is 19.2. The maximum absolute atomic E-state index is 12.3. The van der Waals surface area contributed by atoms with Crippen LogP contribution in [0.1, 0.15) is 29.0 Å². The number of amides is 1. The lowest BCUT2D eigenvalue weighted by atomic mass is 10.2. The molecular weight excluding hydrogens is 522 g/mol. The second kappa shape index (κ2) is 8.63.